The second-order valence-corrected chi connectivity index (χ2v) is 5.62. The zero-order valence-electron chi connectivity index (χ0n) is 11.2. The quantitative estimate of drug-likeness (QED) is 0.853. The van der Waals surface area contributed by atoms with E-state index in [2.05, 4.69) is 22.4 Å². The van der Waals surface area contributed by atoms with Crippen LogP contribution in [0.3, 0.4) is 0 Å². The molecule has 3 atom stereocenters. The van der Waals surface area contributed by atoms with Crippen LogP contribution in [0.5, 0.6) is 0 Å². The molecule has 0 saturated carbocycles. The van der Waals surface area contributed by atoms with Crippen LogP contribution < -0.4 is 5.32 Å². The molecule has 5 nitrogen and oxygen atoms in total. The van der Waals surface area contributed by atoms with Crippen molar-refractivity contribution in [2.75, 3.05) is 25.7 Å². The minimum absolute atomic E-state index is 0.0467. The molecule has 1 aromatic rings. The summed E-state index contributed by atoms with van der Waals surface area (Å²) in [4.78, 5) is 4.52. The highest BCUT2D eigenvalue weighted by Gasteiger charge is 2.33. The van der Waals surface area contributed by atoms with E-state index in [0.717, 1.165) is 30.2 Å². The summed E-state index contributed by atoms with van der Waals surface area (Å²) in [5.41, 5.74) is 0. The summed E-state index contributed by atoms with van der Waals surface area (Å²) in [5, 5.41) is 7.38. The van der Waals surface area contributed by atoms with Crippen molar-refractivity contribution in [2.45, 2.75) is 37.8 Å². The van der Waals surface area contributed by atoms with Gasteiger partial charge in [0.2, 0.25) is 11.7 Å². The number of ether oxygens (including phenoxy) is 1. The normalized spacial score (nSPS) is 25.5. The minimum Gasteiger partial charge on any atom is -0.373 e. The van der Waals surface area contributed by atoms with Gasteiger partial charge in [-0.3, -0.25) is 0 Å². The molecular weight excluding hydrogens is 250 g/mol. The van der Waals surface area contributed by atoms with Gasteiger partial charge in [-0.15, -0.1) is 0 Å². The zero-order valence-corrected chi connectivity index (χ0v) is 12.0. The highest BCUT2D eigenvalue weighted by atomic mass is 32.2. The van der Waals surface area contributed by atoms with Crippen LogP contribution >= 0.6 is 11.8 Å². The molecule has 0 aliphatic carbocycles. The van der Waals surface area contributed by atoms with E-state index >= 15 is 0 Å². The number of nitrogens with one attached hydrogen (secondary N) is 1. The Hall–Kier alpha value is -0.590. The molecule has 1 aliphatic rings. The molecule has 6 heteroatoms. The number of aromatic nitrogens is 2. The molecule has 1 aromatic heterocycles. The highest BCUT2D eigenvalue weighted by molar-refractivity contribution is 7.99. The van der Waals surface area contributed by atoms with Crippen molar-refractivity contribution in [1.29, 1.82) is 0 Å². The number of hydrogen-bond acceptors (Lipinski definition) is 6. The monoisotopic (exact) mass is 271 g/mol. The lowest BCUT2D eigenvalue weighted by molar-refractivity contribution is 0.0854. The first-order valence-corrected chi connectivity index (χ1v) is 7.56. The van der Waals surface area contributed by atoms with Crippen LogP contribution in [0.1, 0.15) is 43.5 Å². The predicted octanol–water partition coefficient (Wildman–Crippen LogP) is 1.98. The van der Waals surface area contributed by atoms with Crippen LogP contribution in [0.25, 0.3) is 0 Å². The van der Waals surface area contributed by atoms with E-state index in [9.17, 15) is 0 Å². The maximum Gasteiger partial charge on any atom is 0.232 e. The van der Waals surface area contributed by atoms with Crippen LogP contribution in [0.2, 0.25) is 0 Å². The van der Waals surface area contributed by atoms with Crippen LogP contribution in [0, 0.1) is 0 Å². The summed E-state index contributed by atoms with van der Waals surface area (Å²) in [5.74, 6) is 3.88. The van der Waals surface area contributed by atoms with Gasteiger partial charge in [-0.2, -0.15) is 16.7 Å². The van der Waals surface area contributed by atoms with Gasteiger partial charge in [-0.1, -0.05) is 18.5 Å². The van der Waals surface area contributed by atoms with Gasteiger partial charge in [0.1, 0.15) is 6.10 Å². The molecule has 0 radical (unpaired) electrons. The first kappa shape index (κ1) is 13.8. The Morgan fingerprint density at radius 1 is 1.56 bits per heavy atom. The molecule has 0 bridgehead atoms. The number of hydrogen-bond donors (Lipinski definition) is 1. The SMILES string of the molecule is CCCC(OC)c1noc(C2CSCC2NC)n1. The summed E-state index contributed by atoms with van der Waals surface area (Å²) in [6, 6.07) is 0.426. The van der Waals surface area contributed by atoms with E-state index in [4.69, 9.17) is 9.26 Å². The van der Waals surface area contributed by atoms with Gasteiger partial charge in [0.25, 0.3) is 0 Å². The van der Waals surface area contributed by atoms with E-state index in [-0.39, 0.29) is 6.10 Å². The zero-order chi connectivity index (χ0) is 13.0. The number of nitrogens with zero attached hydrogens (tertiary/aromatic N) is 2. The lowest BCUT2D eigenvalue weighted by Gasteiger charge is -2.13. The van der Waals surface area contributed by atoms with Crippen molar-refractivity contribution in [3.05, 3.63) is 11.7 Å². The van der Waals surface area contributed by atoms with Crippen LogP contribution in [-0.4, -0.2) is 41.8 Å². The fraction of sp³-hybridized carbons (Fsp3) is 0.833. The van der Waals surface area contributed by atoms with E-state index in [0.29, 0.717) is 17.8 Å². The Bertz CT molecular complexity index is 372. The molecule has 1 fully saturated rings. The first-order valence-electron chi connectivity index (χ1n) is 6.41. The van der Waals surface area contributed by atoms with Crippen LogP contribution in [0.4, 0.5) is 0 Å². The number of rotatable bonds is 6. The molecule has 0 aromatic carbocycles. The first-order chi connectivity index (χ1) is 8.80. The molecule has 1 N–H and O–H groups in total. The Balaban J connectivity index is 2.09. The summed E-state index contributed by atoms with van der Waals surface area (Å²) >= 11 is 1.92. The van der Waals surface area contributed by atoms with Crippen molar-refractivity contribution in [2.24, 2.45) is 0 Å². The minimum atomic E-state index is -0.0467. The van der Waals surface area contributed by atoms with Gasteiger partial charge < -0.3 is 14.6 Å². The standard InChI is InChI=1S/C12H21N3O2S/c1-4-5-10(16-3)11-14-12(17-15-11)8-6-18-7-9(8)13-2/h8-10,13H,4-7H2,1-3H3. The third-order valence-electron chi connectivity index (χ3n) is 3.35. The van der Waals surface area contributed by atoms with Crippen molar-refractivity contribution in [3.63, 3.8) is 0 Å². The molecule has 0 spiro atoms. The average molecular weight is 271 g/mol. The second-order valence-electron chi connectivity index (χ2n) is 4.54. The van der Waals surface area contributed by atoms with Crippen molar-refractivity contribution >= 4 is 11.8 Å². The third-order valence-corrected chi connectivity index (χ3v) is 4.54. The van der Waals surface area contributed by atoms with Crippen molar-refractivity contribution < 1.29 is 9.26 Å². The van der Waals surface area contributed by atoms with Gasteiger partial charge in [-0.25, -0.2) is 0 Å². The van der Waals surface area contributed by atoms with Gasteiger partial charge >= 0.3 is 0 Å². The van der Waals surface area contributed by atoms with E-state index in [1.165, 1.54) is 0 Å². The Morgan fingerprint density at radius 2 is 2.39 bits per heavy atom. The molecular formula is C12H21N3O2S. The Kier molecular flexibility index (Phi) is 5.03. The van der Waals surface area contributed by atoms with E-state index < -0.39 is 0 Å². The van der Waals surface area contributed by atoms with Gasteiger partial charge in [0.05, 0.1) is 5.92 Å². The average Bonchev–Trinajstić information content (AvgIpc) is 3.03. The third kappa shape index (κ3) is 2.87. The van der Waals surface area contributed by atoms with Gasteiger partial charge in [-0.05, 0) is 13.5 Å². The molecule has 1 aliphatic heterocycles. The van der Waals surface area contributed by atoms with Crippen molar-refractivity contribution in [1.82, 2.24) is 15.5 Å². The summed E-state index contributed by atoms with van der Waals surface area (Å²) in [6.45, 7) is 2.12. The summed E-state index contributed by atoms with van der Waals surface area (Å²) in [7, 11) is 3.67. The molecule has 0 amide bonds. The smallest absolute Gasteiger partial charge is 0.232 e. The number of likely N-dealkylation sites (N-methyl/N-ethyl adjacent to an activating group) is 1. The largest absolute Gasteiger partial charge is 0.373 e. The molecule has 2 heterocycles. The highest BCUT2D eigenvalue weighted by Crippen LogP contribution is 2.32. The lowest BCUT2D eigenvalue weighted by atomic mass is 10.0. The molecule has 1 saturated heterocycles. The number of thioether (sulfide) groups is 1. The van der Waals surface area contributed by atoms with Gasteiger partial charge in [0, 0.05) is 24.7 Å². The number of methoxy groups -OCH3 is 1. The molecule has 18 heavy (non-hydrogen) atoms. The Labute approximate surface area is 112 Å². The van der Waals surface area contributed by atoms with Gasteiger partial charge in [0.15, 0.2) is 0 Å². The van der Waals surface area contributed by atoms with Crippen molar-refractivity contribution in [3.8, 4) is 0 Å². The summed E-state index contributed by atoms with van der Waals surface area (Å²) < 4.78 is 10.8. The fourth-order valence-corrected chi connectivity index (χ4v) is 3.64. The molecule has 2 rings (SSSR count). The maximum absolute atomic E-state index is 5.42. The van der Waals surface area contributed by atoms with E-state index in [1.807, 2.05) is 18.8 Å². The maximum atomic E-state index is 5.42. The Morgan fingerprint density at radius 3 is 3.06 bits per heavy atom. The lowest BCUT2D eigenvalue weighted by Crippen LogP contribution is -2.31. The molecule has 102 valence electrons. The topological polar surface area (TPSA) is 60.2 Å². The molecule has 3 unspecified atom stereocenters. The van der Waals surface area contributed by atoms with E-state index in [1.54, 1.807) is 7.11 Å². The summed E-state index contributed by atoms with van der Waals surface area (Å²) in [6.07, 6.45) is 1.92. The van der Waals surface area contributed by atoms with Crippen LogP contribution in [0.15, 0.2) is 4.52 Å². The fourth-order valence-electron chi connectivity index (χ4n) is 2.23. The predicted molar refractivity (Wildman–Crippen MR) is 71.9 cm³/mol. The second kappa shape index (κ2) is 6.54. The van der Waals surface area contributed by atoms with Crippen LogP contribution in [-0.2, 0) is 4.74 Å².